The molecule has 3 nitrogen and oxygen atoms in total. The Balaban J connectivity index is 1.83. The molecule has 4 rings (SSSR count). The van der Waals surface area contributed by atoms with Gasteiger partial charge in [0.15, 0.2) is 0 Å². The topological polar surface area (TPSA) is 52.3 Å². The fourth-order valence-corrected chi connectivity index (χ4v) is 4.66. The number of nitrogens with two attached hydrogens (primary N) is 1. The third-order valence-corrected chi connectivity index (χ3v) is 5.75. The Morgan fingerprint density at radius 2 is 1.71 bits per heavy atom. The van der Waals surface area contributed by atoms with Crippen molar-refractivity contribution in [3.63, 3.8) is 0 Å². The van der Waals surface area contributed by atoms with Crippen molar-refractivity contribution >= 4 is 5.97 Å². The number of esters is 1. The van der Waals surface area contributed by atoms with Crippen molar-refractivity contribution in [2.45, 2.75) is 37.6 Å². The van der Waals surface area contributed by atoms with Crippen LogP contribution in [0.3, 0.4) is 0 Å². The van der Waals surface area contributed by atoms with Crippen LogP contribution in [0, 0.1) is 5.92 Å². The smallest absolute Gasteiger partial charge is 0.310 e. The van der Waals surface area contributed by atoms with Gasteiger partial charge in [-0.2, -0.15) is 0 Å². The average Bonchev–Trinajstić information content (AvgIpc) is 2.88. The summed E-state index contributed by atoms with van der Waals surface area (Å²) < 4.78 is 5.31. The van der Waals surface area contributed by atoms with Crippen molar-refractivity contribution in [1.82, 2.24) is 0 Å². The lowest BCUT2D eigenvalue weighted by Gasteiger charge is -2.42. The molecule has 1 fully saturated rings. The van der Waals surface area contributed by atoms with Gasteiger partial charge in [0, 0.05) is 11.5 Å². The Bertz CT molecular complexity index is 737. The Hall–Kier alpha value is -2.13. The zero-order valence-electron chi connectivity index (χ0n) is 14.0. The Labute approximate surface area is 142 Å². The van der Waals surface area contributed by atoms with Crippen molar-refractivity contribution in [3.05, 3.63) is 59.7 Å². The van der Waals surface area contributed by atoms with Gasteiger partial charge in [-0.1, -0.05) is 48.5 Å². The summed E-state index contributed by atoms with van der Waals surface area (Å²) in [6, 6.07) is 17.1. The Morgan fingerprint density at radius 3 is 2.29 bits per heavy atom. The van der Waals surface area contributed by atoms with Crippen LogP contribution in [0.4, 0.5) is 0 Å². The second-order valence-electron chi connectivity index (χ2n) is 6.94. The highest BCUT2D eigenvalue weighted by Crippen LogP contribution is 2.56. The molecule has 2 atom stereocenters. The normalized spacial score (nSPS) is 23.6. The van der Waals surface area contributed by atoms with Crippen molar-refractivity contribution in [1.29, 1.82) is 0 Å². The molecule has 3 heteroatoms. The first-order valence-corrected chi connectivity index (χ1v) is 8.79. The minimum atomic E-state index is -0.238. The molecule has 1 spiro atoms. The van der Waals surface area contributed by atoms with Crippen molar-refractivity contribution in [2.24, 2.45) is 11.7 Å². The van der Waals surface area contributed by atoms with Gasteiger partial charge >= 0.3 is 5.97 Å². The molecule has 2 N–H and O–H groups in total. The van der Waals surface area contributed by atoms with Crippen LogP contribution in [0.25, 0.3) is 11.1 Å². The van der Waals surface area contributed by atoms with E-state index in [0.29, 0.717) is 6.61 Å². The van der Waals surface area contributed by atoms with E-state index in [-0.39, 0.29) is 23.3 Å². The molecule has 0 saturated heterocycles. The van der Waals surface area contributed by atoms with Gasteiger partial charge in [0.05, 0.1) is 12.5 Å². The van der Waals surface area contributed by atoms with Crippen LogP contribution in [-0.2, 0) is 14.9 Å². The molecule has 24 heavy (non-hydrogen) atoms. The summed E-state index contributed by atoms with van der Waals surface area (Å²) in [6.45, 7) is 2.25. The summed E-state index contributed by atoms with van der Waals surface area (Å²) in [4.78, 5) is 12.5. The van der Waals surface area contributed by atoms with E-state index >= 15 is 0 Å². The van der Waals surface area contributed by atoms with Gasteiger partial charge < -0.3 is 10.5 Å². The largest absolute Gasteiger partial charge is 0.466 e. The first kappa shape index (κ1) is 15.4. The average molecular weight is 321 g/mol. The minimum Gasteiger partial charge on any atom is -0.466 e. The molecule has 0 bridgehead atoms. The second-order valence-corrected chi connectivity index (χ2v) is 6.94. The van der Waals surface area contributed by atoms with E-state index in [9.17, 15) is 4.79 Å². The molecule has 2 aromatic carbocycles. The molecule has 2 aliphatic rings. The first-order valence-electron chi connectivity index (χ1n) is 8.79. The Morgan fingerprint density at radius 1 is 1.12 bits per heavy atom. The van der Waals surface area contributed by atoms with Crippen LogP contribution in [-0.4, -0.2) is 18.6 Å². The van der Waals surface area contributed by atoms with Crippen LogP contribution in [0.1, 0.15) is 37.3 Å². The SMILES string of the molecule is CCOC(=O)[C@H]1CC2(CC[C@@H]1N)c1ccccc1-c1ccccc12. The zero-order valence-corrected chi connectivity index (χ0v) is 14.0. The fraction of sp³-hybridized carbons (Fsp3) is 0.381. The lowest BCUT2D eigenvalue weighted by molar-refractivity contribution is -0.150. The van der Waals surface area contributed by atoms with Crippen LogP contribution in [0.15, 0.2) is 48.5 Å². The summed E-state index contributed by atoms with van der Waals surface area (Å²) in [5, 5.41) is 0. The minimum absolute atomic E-state index is 0.111. The molecule has 2 aliphatic carbocycles. The van der Waals surface area contributed by atoms with Crippen LogP contribution in [0.5, 0.6) is 0 Å². The summed E-state index contributed by atoms with van der Waals surface area (Å²) in [6.07, 6.45) is 2.56. The monoisotopic (exact) mass is 321 g/mol. The number of rotatable bonds is 2. The molecule has 0 aromatic heterocycles. The number of carbonyl (C=O) groups is 1. The Kier molecular flexibility index (Phi) is 3.69. The molecule has 0 aliphatic heterocycles. The molecule has 1 saturated carbocycles. The fourth-order valence-electron chi connectivity index (χ4n) is 4.66. The van der Waals surface area contributed by atoms with Gasteiger partial charge in [-0.25, -0.2) is 0 Å². The number of fused-ring (bicyclic) bond motifs is 5. The van der Waals surface area contributed by atoms with Gasteiger partial charge in [0.25, 0.3) is 0 Å². The maximum Gasteiger partial charge on any atom is 0.310 e. The molecular formula is C21H23NO2. The van der Waals surface area contributed by atoms with Gasteiger partial charge in [-0.05, 0) is 48.4 Å². The molecule has 0 heterocycles. The van der Waals surface area contributed by atoms with Crippen LogP contribution >= 0.6 is 0 Å². The summed E-state index contributed by atoms with van der Waals surface area (Å²) in [7, 11) is 0. The molecular weight excluding hydrogens is 298 g/mol. The molecule has 0 radical (unpaired) electrons. The molecule has 124 valence electrons. The maximum atomic E-state index is 12.5. The lowest BCUT2D eigenvalue weighted by atomic mass is 9.63. The third-order valence-electron chi connectivity index (χ3n) is 5.75. The summed E-state index contributed by atoms with van der Waals surface area (Å²) >= 11 is 0. The predicted octanol–water partition coefficient (Wildman–Crippen LogP) is 3.64. The summed E-state index contributed by atoms with van der Waals surface area (Å²) in [5.74, 6) is -0.385. The number of benzene rings is 2. The maximum absolute atomic E-state index is 12.5. The van der Waals surface area contributed by atoms with E-state index in [1.54, 1.807) is 0 Å². The van der Waals surface area contributed by atoms with Crippen LogP contribution in [0.2, 0.25) is 0 Å². The van der Waals surface area contributed by atoms with Crippen molar-refractivity contribution < 1.29 is 9.53 Å². The second kappa shape index (κ2) is 5.75. The first-order chi connectivity index (χ1) is 11.7. The summed E-state index contributed by atoms with van der Waals surface area (Å²) in [5.41, 5.74) is 11.5. The van der Waals surface area contributed by atoms with E-state index in [1.165, 1.54) is 22.3 Å². The van der Waals surface area contributed by atoms with E-state index < -0.39 is 0 Å². The number of ether oxygens (including phenoxy) is 1. The standard InChI is InChI=1S/C21H23NO2/c1-2-24-20(23)16-13-21(12-11-19(16)22)17-9-5-3-7-14(17)15-8-4-6-10-18(15)21/h3-10,16,19H,2,11-13,22H2,1H3/t16-,19-/m0/s1. The highest BCUT2D eigenvalue weighted by atomic mass is 16.5. The van der Waals surface area contributed by atoms with E-state index in [1.807, 2.05) is 6.92 Å². The van der Waals surface area contributed by atoms with Crippen LogP contribution < -0.4 is 5.73 Å². The molecule has 2 aromatic rings. The van der Waals surface area contributed by atoms with Gasteiger partial charge in [0.2, 0.25) is 0 Å². The quantitative estimate of drug-likeness (QED) is 0.859. The molecule has 0 amide bonds. The number of carbonyl (C=O) groups excluding carboxylic acids is 1. The van der Waals surface area contributed by atoms with Gasteiger partial charge in [-0.15, -0.1) is 0 Å². The highest BCUT2D eigenvalue weighted by molar-refractivity contribution is 5.82. The molecule has 0 unspecified atom stereocenters. The van der Waals surface area contributed by atoms with Gasteiger partial charge in [-0.3, -0.25) is 4.79 Å². The third kappa shape index (κ3) is 2.11. The zero-order chi connectivity index (χ0) is 16.7. The van der Waals surface area contributed by atoms with Gasteiger partial charge in [0.1, 0.15) is 0 Å². The number of hydrogen-bond donors (Lipinski definition) is 1. The van der Waals surface area contributed by atoms with E-state index in [0.717, 1.165) is 19.3 Å². The van der Waals surface area contributed by atoms with E-state index in [4.69, 9.17) is 10.5 Å². The van der Waals surface area contributed by atoms with Crippen molar-refractivity contribution in [3.8, 4) is 11.1 Å². The lowest BCUT2D eigenvalue weighted by Crippen LogP contribution is -2.47. The van der Waals surface area contributed by atoms with Crippen molar-refractivity contribution in [2.75, 3.05) is 6.61 Å². The predicted molar refractivity (Wildman–Crippen MR) is 94.6 cm³/mol. The highest BCUT2D eigenvalue weighted by Gasteiger charge is 2.49. The van der Waals surface area contributed by atoms with E-state index in [2.05, 4.69) is 48.5 Å². The number of hydrogen-bond acceptors (Lipinski definition) is 3.